The third kappa shape index (κ3) is 2.86. The van der Waals surface area contributed by atoms with Crippen molar-refractivity contribution < 1.29 is 8.42 Å². The Bertz CT molecular complexity index is 617. The minimum absolute atomic E-state index is 0.0139. The average molecular weight is 295 g/mol. The van der Waals surface area contributed by atoms with Gasteiger partial charge in [-0.2, -0.15) is 4.31 Å². The summed E-state index contributed by atoms with van der Waals surface area (Å²) in [6.45, 7) is 4.56. The van der Waals surface area contributed by atoms with E-state index in [-0.39, 0.29) is 11.8 Å². The van der Waals surface area contributed by atoms with Crippen LogP contribution >= 0.6 is 0 Å². The summed E-state index contributed by atoms with van der Waals surface area (Å²) in [4.78, 5) is 0.388. The first-order chi connectivity index (χ1) is 9.32. The Kier molecular flexibility index (Phi) is 4.15. The van der Waals surface area contributed by atoms with E-state index in [1.165, 1.54) is 4.31 Å². The van der Waals surface area contributed by atoms with Gasteiger partial charge in [0.1, 0.15) is 0 Å². The highest BCUT2D eigenvalue weighted by Gasteiger charge is 2.31. The molecular weight excluding hydrogens is 274 g/mol. The lowest BCUT2D eigenvalue weighted by molar-refractivity contribution is 0.314. The molecule has 2 rings (SSSR count). The molecule has 0 aromatic heterocycles. The summed E-state index contributed by atoms with van der Waals surface area (Å²) in [5.74, 6) is 0.175. The van der Waals surface area contributed by atoms with E-state index in [9.17, 15) is 8.42 Å². The van der Waals surface area contributed by atoms with Crippen LogP contribution in [0.4, 0.5) is 0 Å². The molecule has 1 aliphatic heterocycles. The van der Waals surface area contributed by atoms with Crippen LogP contribution in [0.3, 0.4) is 0 Å². The predicted molar refractivity (Wildman–Crippen MR) is 79.3 cm³/mol. The molecule has 1 saturated heterocycles. The number of rotatable bonds is 3. The van der Waals surface area contributed by atoms with Gasteiger partial charge in [0.25, 0.3) is 0 Å². The molecule has 1 aliphatic rings. The molecule has 3 N–H and O–H groups in total. The summed E-state index contributed by atoms with van der Waals surface area (Å²) < 4.78 is 26.9. The van der Waals surface area contributed by atoms with E-state index in [1.807, 2.05) is 26.0 Å². The van der Waals surface area contributed by atoms with Gasteiger partial charge >= 0.3 is 0 Å². The molecule has 0 bridgehead atoms. The van der Waals surface area contributed by atoms with Crippen LogP contribution in [0.5, 0.6) is 0 Å². The van der Waals surface area contributed by atoms with Gasteiger partial charge in [-0.1, -0.05) is 12.1 Å². The zero-order valence-electron chi connectivity index (χ0n) is 11.9. The van der Waals surface area contributed by atoms with Crippen molar-refractivity contribution in [2.45, 2.75) is 31.6 Å². The summed E-state index contributed by atoms with van der Waals surface area (Å²) in [6.07, 6.45) is 1.25. The highest BCUT2D eigenvalue weighted by molar-refractivity contribution is 7.89. The number of hydrogen-bond donors (Lipinski definition) is 2. The largest absolute Gasteiger partial charge is 0.387 e. The average Bonchev–Trinajstić information content (AvgIpc) is 2.41. The monoisotopic (exact) mass is 295 g/mol. The molecule has 0 atom stereocenters. The molecule has 0 spiro atoms. The lowest BCUT2D eigenvalue weighted by atomic mass is 9.97. The number of nitrogens with two attached hydrogens (primary N) is 1. The van der Waals surface area contributed by atoms with Crippen molar-refractivity contribution >= 4 is 15.9 Å². The maximum absolute atomic E-state index is 12.7. The number of piperidine rings is 1. The van der Waals surface area contributed by atoms with Crippen LogP contribution in [0.25, 0.3) is 0 Å². The van der Waals surface area contributed by atoms with E-state index in [4.69, 9.17) is 11.1 Å². The number of benzene rings is 1. The summed E-state index contributed by atoms with van der Waals surface area (Å²) in [5.41, 5.74) is 7.20. The molecule has 110 valence electrons. The molecule has 0 saturated carbocycles. The molecule has 1 aromatic rings. The zero-order valence-corrected chi connectivity index (χ0v) is 12.7. The van der Waals surface area contributed by atoms with Crippen LogP contribution in [0.15, 0.2) is 23.1 Å². The number of aryl methyl sites for hydroxylation is 2. The van der Waals surface area contributed by atoms with Gasteiger partial charge in [-0.3, -0.25) is 5.41 Å². The fourth-order valence-corrected chi connectivity index (χ4v) is 4.31. The third-order valence-corrected chi connectivity index (χ3v) is 5.90. The zero-order chi connectivity index (χ0) is 14.9. The van der Waals surface area contributed by atoms with E-state index in [0.717, 1.165) is 11.1 Å². The number of nitrogens with zero attached hydrogens (tertiary/aromatic N) is 1. The lowest BCUT2D eigenvalue weighted by Gasteiger charge is -2.31. The molecule has 1 heterocycles. The Morgan fingerprint density at radius 3 is 2.45 bits per heavy atom. The summed E-state index contributed by atoms with van der Waals surface area (Å²) in [6, 6.07) is 5.47. The number of nitrogens with one attached hydrogen (secondary N) is 1. The molecule has 0 aliphatic carbocycles. The predicted octanol–water partition coefficient (Wildman–Crippen LogP) is 1.64. The number of sulfonamides is 1. The third-order valence-electron chi connectivity index (χ3n) is 3.86. The molecular formula is C14H21N3O2S. The minimum atomic E-state index is -3.44. The first-order valence-corrected chi connectivity index (χ1v) is 8.17. The second-order valence-electron chi connectivity index (χ2n) is 5.40. The SMILES string of the molecule is Cc1ccc(C)c(S(=O)(=O)N2CCC(C(=N)N)CC2)c1. The maximum atomic E-state index is 12.7. The molecule has 1 aromatic carbocycles. The van der Waals surface area contributed by atoms with Gasteiger partial charge in [0.15, 0.2) is 0 Å². The van der Waals surface area contributed by atoms with Gasteiger partial charge in [-0.15, -0.1) is 0 Å². The maximum Gasteiger partial charge on any atom is 0.243 e. The van der Waals surface area contributed by atoms with E-state index < -0.39 is 10.0 Å². The van der Waals surface area contributed by atoms with Gasteiger partial charge < -0.3 is 5.73 Å². The fourth-order valence-electron chi connectivity index (χ4n) is 2.53. The normalized spacial score (nSPS) is 18.1. The number of hydrogen-bond acceptors (Lipinski definition) is 3. The van der Waals surface area contributed by atoms with Gasteiger partial charge in [0, 0.05) is 19.0 Å². The first kappa shape index (κ1) is 15.0. The van der Waals surface area contributed by atoms with E-state index >= 15 is 0 Å². The van der Waals surface area contributed by atoms with E-state index in [1.54, 1.807) is 6.07 Å². The highest BCUT2D eigenvalue weighted by atomic mass is 32.2. The Hall–Kier alpha value is -1.40. The van der Waals surface area contributed by atoms with Crippen LogP contribution in [0, 0.1) is 25.2 Å². The Balaban J connectivity index is 2.24. The minimum Gasteiger partial charge on any atom is -0.387 e. The van der Waals surface area contributed by atoms with Crippen LogP contribution in [0.1, 0.15) is 24.0 Å². The van der Waals surface area contributed by atoms with Crippen LogP contribution in [0.2, 0.25) is 0 Å². The molecule has 1 fully saturated rings. The van der Waals surface area contributed by atoms with Crippen molar-refractivity contribution in [2.24, 2.45) is 11.7 Å². The fraction of sp³-hybridized carbons (Fsp3) is 0.500. The van der Waals surface area contributed by atoms with Gasteiger partial charge in [0.2, 0.25) is 10.0 Å². The second kappa shape index (κ2) is 5.54. The van der Waals surface area contributed by atoms with Crippen LogP contribution < -0.4 is 5.73 Å². The van der Waals surface area contributed by atoms with Crippen molar-refractivity contribution in [1.82, 2.24) is 4.31 Å². The summed E-state index contributed by atoms with van der Waals surface area (Å²) in [7, 11) is -3.44. The Morgan fingerprint density at radius 1 is 1.30 bits per heavy atom. The molecule has 5 nitrogen and oxygen atoms in total. The summed E-state index contributed by atoms with van der Waals surface area (Å²) in [5, 5.41) is 7.45. The Labute approximate surface area is 120 Å². The highest BCUT2D eigenvalue weighted by Crippen LogP contribution is 2.26. The van der Waals surface area contributed by atoms with Crippen molar-refractivity contribution in [3.05, 3.63) is 29.3 Å². The molecule has 20 heavy (non-hydrogen) atoms. The molecule has 6 heteroatoms. The number of amidine groups is 1. The lowest BCUT2D eigenvalue weighted by Crippen LogP contribution is -2.41. The topological polar surface area (TPSA) is 87.2 Å². The van der Waals surface area contributed by atoms with Crippen LogP contribution in [-0.2, 0) is 10.0 Å². The standard InChI is InChI=1S/C14H21N3O2S/c1-10-3-4-11(2)13(9-10)20(18,19)17-7-5-12(6-8-17)14(15)16/h3-4,9,12H,5-8H2,1-2H3,(H3,15,16). The van der Waals surface area contributed by atoms with Crippen molar-refractivity contribution in [1.29, 1.82) is 5.41 Å². The quantitative estimate of drug-likeness (QED) is 0.656. The summed E-state index contributed by atoms with van der Waals surface area (Å²) >= 11 is 0. The van der Waals surface area contributed by atoms with Crippen molar-refractivity contribution in [2.75, 3.05) is 13.1 Å². The molecule has 0 amide bonds. The van der Waals surface area contributed by atoms with Crippen LogP contribution in [-0.4, -0.2) is 31.6 Å². The molecule has 0 radical (unpaired) electrons. The first-order valence-electron chi connectivity index (χ1n) is 6.73. The van der Waals surface area contributed by atoms with Gasteiger partial charge in [0.05, 0.1) is 10.7 Å². The van der Waals surface area contributed by atoms with Gasteiger partial charge in [-0.25, -0.2) is 8.42 Å². The second-order valence-corrected chi connectivity index (χ2v) is 7.31. The van der Waals surface area contributed by atoms with Crippen molar-refractivity contribution in [3.63, 3.8) is 0 Å². The van der Waals surface area contributed by atoms with Crippen molar-refractivity contribution in [3.8, 4) is 0 Å². The molecule has 0 unspecified atom stereocenters. The van der Waals surface area contributed by atoms with E-state index in [2.05, 4.69) is 0 Å². The Morgan fingerprint density at radius 2 is 1.90 bits per heavy atom. The van der Waals surface area contributed by atoms with E-state index in [0.29, 0.717) is 30.8 Å². The van der Waals surface area contributed by atoms with Gasteiger partial charge in [-0.05, 0) is 43.9 Å². The smallest absolute Gasteiger partial charge is 0.243 e.